The highest BCUT2D eigenvalue weighted by molar-refractivity contribution is 5.76. The molecular formula is C14H28N2O2. The van der Waals surface area contributed by atoms with Gasteiger partial charge >= 0.3 is 5.97 Å². The van der Waals surface area contributed by atoms with Crippen molar-refractivity contribution in [1.29, 1.82) is 0 Å². The highest BCUT2D eigenvalue weighted by Crippen LogP contribution is 2.20. The molecule has 4 nitrogen and oxygen atoms in total. The number of hydrogen-bond acceptors (Lipinski definition) is 4. The summed E-state index contributed by atoms with van der Waals surface area (Å²) in [6.07, 6.45) is 2.36. The average Bonchev–Trinajstić information content (AvgIpc) is 3.09. The van der Waals surface area contributed by atoms with Gasteiger partial charge in [0.1, 0.15) is 6.04 Å². The first-order valence-corrected chi connectivity index (χ1v) is 7.02. The van der Waals surface area contributed by atoms with Crippen LogP contribution in [0.5, 0.6) is 0 Å². The fraction of sp³-hybridized carbons (Fsp3) is 0.929. The smallest absolute Gasteiger partial charge is 0.324 e. The number of carbonyl (C=O) groups is 1. The van der Waals surface area contributed by atoms with E-state index < -0.39 is 0 Å². The molecule has 0 saturated heterocycles. The second-order valence-electron chi connectivity index (χ2n) is 5.96. The van der Waals surface area contributed by atoms with Gasteiger partial charge in [-0.05, 0) is 32.6 Å². The van der Waals surface area contributed by atoms with E-state index in [0.29, 0.717) is 18.0 Å². The van der Waals surface area contributed by atoms with Crippen molar-refractivity contribution in [3.63, 3.8) is 0 Å². The van der Waals surface area contributed by atoms with E-state index in [2.05, 4.69) is 37.9 Å². The zero-order valence-corrected chi connectivity index (χ0v) is 12.4. The van der Waals surface area contributed by atoms with Gasteiger partial charge in [0.15, 0.2) is 0 Å². The van der Waals surface area contributed by atoms with E-state index in [0.717, 1.165) is 13.1 Å². The fourth-order valence-corrected chi connectivity index (χ4v) is 2.07. The summed E-state index contributed by atoms with van der Waals surface area (Å²) in [5.74, 6) is 0.461. The molecule has 1 rings (SSSR count). The first kappa shape index (κ1) is 15.4. The molecule has 1 aliphatic rings. The molecule has 1 saturated carbocycles. The molecule has 0 spiro atoms. The minimum Gasteiger partial charge on any atom is -0.468 e. The Kier molecular flexibility index (Phi) is 6.09. The van der Waals surface area contributed by atoms with E-state index in [1.165, 1.54) is 20.0 Å². The van der Waals surface area contributed by atoms with Crippen molar-refractivity contribution in [1.82, 2.24) is 10.2 Å². The van der Waals surface area contributed by atoms with Gasteiger partial charge in [-0.15, -0.1) is 0 Å². The van der Waals surface area contributed by atoms with E-state index in [-0.39, 0.29) is 12.0 Å². The Balaban J connectivity index is 2.56. The number of nitrogens with one attached hydrogen (secondary N) is 1. The van der Waals surface area contributed by atoms with Crippen molar-refractivity contribution in [3.8, 4) is 0 Å². The summed E-state index contributed by atoms with van der Waals surface area (Å²) in [4.78, 5) is 14.2. The van der Waals surface area contributed by atoms with Crippen molar-refractivity contribution in [2.45, 2.75) is 58.7 Å². The van der Waals surface area contributed by atoms with Crippen LogP contribution >= 0.6 is 0 Å². The van der Waals surface area contributed by atoms with E-state index in [9.17, 15) is 4.79 Å². The molecule has 0 aromatic heterocycles. The molecule has 0 radical (unpaired) electrons. The summed E-state index contributed by atoms with van der Waals surface area (Å²) in [6.45, 7) is 10.5. The van der Waals surface area contributed by atoms with E-state index >= 15 is 0 Å². The Bertz CT molecular complexity index is 263. The van der Waals surface area contributed by atoms with Crippen molar-refractivity contribution in [2.75, 3.05) is 20.2 Å². The van der Waals surface area contributed by atoms with Crippen LogP contribution in [-0.4, -0.2) is 49.2 Å². The molecule has 0 aliphatic heterocycles. The standard InChI is InChI=1S/C14H28N2O2/c1-10(2)8-16(11(3)4)9-13(14(17)18-5)15-12-6-7-12/h10-13,15H,6-9H2,1-5H3. The van der Waals surface area contributed by atoms with Crippen molar-refractivity contribution in [3.05, 3.63) is 0 Å². The van der Waals surface area contributed by atoms with Gasteiger partial charge in [-0.1, -0.05) is 13.8 Å². The molecule has 4 heteroatoms. The molecule has 0 amide bonds. The van der Waals surface area contributed by atoms with E-state index in [1.54, 1.807) is 0 Å². The molecule has 0 aromatic carbocycles. The first-order valence-electron chi connectivity index (χ1n) is 7.02. The van der Waals surface area contributed by atoms with Gasteiger partial charge in [0, 0.05) is 25.2 Å². The normalized spacial score (nSPS) is 17.6. The maximum absolute atomic E-state index is 11.8. The summed E-state index contributed by atoms with van der Waals surface area (Å²) in [5, 5.41) is 3.38. The SMILES string of the molecule is COC(=O)C(CN(CC(C)C)C(C)C)NC1CC1. The molecule has 0 heterocycles. The van der Waals surface area contributed by atoms with Gasteiger partial charge in [-0.25, -0.2) is 0 Å². The van der Waals surface area contributed by atoms with Gasteiger partial charge in [0.25, 0.3) is 0 Å². The van der Waals surface area contributed by atoms with Gasteiger partial charge in [0.2, 0.25) is 0 Å². The zero-order chi connectivity index (χ0) is 13.7. The third-order valence-electron chi connectivity index (χ3n) is 3.25. The third-order valence-corrected chi connectivity index (χ3v) is 3.25. The quantitative estimate of drug-likeness (QED) is 0.671. The van der Waals surface area contributed by atoms with Crippen LogP contribution in [0.2, 0.25) is 0 Å². The second kappa shape index (κ2) is 7.10. The molecule has 18 heavy (non-hydrogen) atoms. The Hall–Kier alpha value is -0.610. The topological polar surface area (TPSA) is 41.6 Å². The largest absolute Gasteiger partial charge is 0.468 e. The summed E-state index contributed by atoms with van der Waals surface area (Å²) >= 11 is 0. The number of hydrogen-bond donors (Lipinski definition) is 1. The highest BCUT2D eigenvalue weighted by Gasteiger charge is 2.30. The predicted octanol–water partition coefficient (Wildman–Crippen LogP) is 1.65. The van der Waals surface area contributed by atoms with Crippen molar-refractivity contribution >= 4 is 5.97 Å². The lowest BCUT2D eigenvalue weighted by atomic mass is 10.1. The van der Waals surface area contributed by atoms with Crippen LogP contribution in [0.3, 0.4) is 0 Å². The molecule has 1 atom stereocenters. The van der Waals surface area contributed by atoms with Crippen LogP contribution in [0.15, 0.2) is 0 Å². The summed E-state index contributed by atoms with van der Waals surface area (Å²) in [6, 6.07) is 0.770. The van der Waals surface area contributed by atoms with Gasteiger partial charge in [-0.2, -0.15) is 0 Å². The molecule has 1 aliphatic carbocycles. The number of nitrogens with zero attached hydrogens (tertiary/aromatic N) is 1. The van der Waals surface area contributed by atoms with Gasteiger partial charge in [-0.3, -0.25) is 9.69 Å². The first-order chi connectivity index (χ1) is 8.43. The van der Waals surface area contributed by atoms with Crippen LogP contribution in [0.1, 0.15) is 40.5 Å². The molecule has 1 unspecified atom stereocenters. The minimum absolute atomic E-state index is 0.142. The van der Waals surface area contributed by atoms with Crippen molar-refractivity contribution < 1.29 is 9.53 Å². The maximum Gasteiger partial charge on any atom is 0.324 e. The molecular weight excluding hydrogens is 228 g/mol. The summed E-state index contributed by atoms with van der Waals surface area (Å²) in [5.41, 5.74) is 0. The lowest BCUT2D eigenvalue weighted by molar-refractivity contribution is -0.143. The minimum atomic E-state index is -0.191. The van der Waals surface area contributed by atoms with Crippen LogP contribution in [0.25, 0.3) is 0 Å². The number of carbonyl (C=O) groups excluding carboxylic acids is 1. The van der Waals surface area contributed by atoms with Gasteiger partial charge < -0.3 is 10.1 Å². The highest BCUT2D eigenvalue weighted by atomic mass is 16.5. The molecule has 0 aromatic rings. The molecule has 1 N–H and O–H groups in total. The third kappa shape index (κ3) is 5.36. The summed E-state index contributed by atoms with van der Waals surface area (Å²) in [7, 11) is 1.46. The van der Waals surface area contributed by atoms with Gasteiger partial charge in [0.05, 0.1) is 7.11 Å². The Morgan fingerprint density at radius 3 is 2.28 bits per heavy atom. The Labute approximate surface area is 111 Å². The Morgan fingerprint density at radius 2 is 1.89 bits per heavy atom. The number of esters is 1. The van der Waals surface area contributed by atoms with Crippen LogP contribution in [0, 0.1) is 5.92 Å². The number of rotatable bonds is 8. The Morgan fingerprint density at radius 1 is 1.28 bits per heavy atom. The number of methoxy groups -OCH3 is 1. The molecule has 0 bridgehead atoms. The fourth-order valence-electron chi connectivity index (χ4n) is 2.07. The molecule has 1 fully saturated rings. The lowest BCUT2D eigenvalue weighted by Gasteiger charge is -2.31. The summed E-state index contributed by atoms with van der Waals surface area (Å²) < 4.78 is 4.90. The maximum atomic E-state index is 11.8. The van der Waals surface area contributed by atoms with E-state index in [4.69, 9.17) is 4.74 Å². The molecule has 106 valence electrons. The predicted molar refractivity (Wildman–Crippen MR) is 73.5 cm³/mol. The van der Waals surface area contributed by atoms with E-state index in [1.807, 2.05) is 0 Å². The zero-order valence-electron chi connectivity index (χ0n) is 12.4. The second-order valence-corrected chi connectivity index (χ2v) is 5.96. The van der Waals surface area contributed by atoms with Crippen LogP contribution in [-0.2, 0) is 9.53 Å². The lowest BCUT2D eigenvalue weighted by Crippen LogP contribution is -2.50. The monoisotopic (exact) mass is 256 g/mol. The average molecular weight is 256 g/mol. The van der Waals surface area contributed by atoms with Crippen molar-refractivity contribution in [2.24, 2.45) is 5.92 Å². The number of ether oxygens (including phenoxy) is 1. The van der Waals surface area contributed by atoms with Crippen LogP contribution < -0.4 is 5.32 Å². The van der Waals surface area contributed by atoms with Crippen LogP contribution in [0.4, 0.5) is 0 Å².